The predicted octanol–water partition coefficient (Wildman–Crippen LogP) is 3.40. The second kappa shape index (κ2) is 13.2. The zero-order valence-corrected chi connectivity index (χ0v) is 24.3. The van der Waals surface area contributed by atoms with Gasteiger partial charge < -0.3 is 14.8 Å². The van der Waals surface area contributed by atoms with E-state index < -0.39 is 32.5 Å². The van der Waals surface area contributed by atoms with Crippen molar-refractivity contribution in [1.82, 2.24) is 9.62 Å². The molecule has 0 bridgehead atoms. The van der Waals surface area contributed by atoms with Gasteiger partial charge in [-0.1, -0.05) is 41.4 Å². The molecule has 0 aromatic heterocycles. The van der Waals surface area contributed by atoms with E-state index in [0.717, 1.165) is 4.31 Å². The molecule has 3 aromatic carbocycles. The van der Waals surface area contributed by atoms with Crippen LogP contribution in [0, 0.1) is 0 Å². The van der Waals surface area contributed by atoms with Crippen LogP contribution in [-0.2, 0) is 29.6 Å². The number of carbonyl (C=O) groups is 1. The van der Waals surface area contributed by atoms with Crippen LogP contribution < -0.4 is 14.4 Å². The quantitative estimate of drug-likeness (QED) is 0.323. The Hall–Kier alpha value is -2.87. The molecule has 40 heavy (non-hydrogen) atoms. The summed E-state index contributed by atoms with van der Waals surface area (Å²) < 4.78 is 65.4. The van der Waals surface area contributed by atoms with Crippen molar-refractivity contribution in [3.63, 3.8) is 0 Å². The number of hydrogen-bond donors (Lipinski definition) is 1. The zero-order chi connectivity index (χ0) is 28.8. The van der Waals surface area contributed by atoms with Crippen LogP contribution in [0.25, 0.3) is 0 Å². The largest absolute Gasteiger partial charge is 0.492 e. The maximum Gasteiger partial charge on any atom is 0.264 e. The van der Waals surface area contributed by atoms with Gasteiger partial charge in [0.2, 0.25) is 15.9 Å². The highest BCUT2D eigenvalue weighted by Crippen LogP contribution is 2.30. The fourth-order valence-electron chi connectivity index (χ4n) is 3.86. The first kappa shape index (κ1) is 30.1. The highest BCUT2D eigenvalue weighted by atomic mass is 35.5. The average molecular weight is 629 g/mol. The third-order valence-electron chi connectivity index (χ3n) is 5.93. The van der Waals surface area contributed by atoms with Gasteiger partial charge in [-0.3, -0.25) is 9.10 Å². The van der Waals surface area contributed by atoms with Gasteiger partial charge >= 0.3 is 0 Å². The number of carbonyl (C=O) groups excluding carboxylic acids is 1. The summed E-state index contributed by atoms with van der Waals surface area (Å²) in [4.78, 5) is 12.9. The maximum atomic E-state index is 13.4. The molecule has 3 aromatic rings. The number of ether oxygens (including phenoxy) is 2. The summed E-state index contributed by atoms with van der Waals surface area (Å²) in [6.45, 7) is 0.950. The molecular weight excluding hydrogens is 601 g/mol. The first-order valence-corrected chi connectivity index (χ1v) is 15.8. The molecule has 4 rings (SSSR count). The third kappa shape index (κ3) is 7.25. The van der Waals surface area contributed by atoms with Crippen LogP contribution in [0.1, 0.15) is 0 Å². The number of benzene rings is 3. The monoisotopic (exact) mass is 627 g/mol. The fourth-order valence-corrected chi connectivity index (χ4v) is 7.00. The van der Waals surface area contributed by atoms with Gasteiger partial charge in [0.05, 0.1) is 45.3 Å². The van der Waals surface area contributed by atoms with E-state index in [-0.39, 0.29) is 38.7 Å². The van der Waals surface area contributed by atoms with Gasteiger partial charge in [0.1, 0.15) is 18.9 Å². The van der Waals surface area contributed by atoms with Gasteiger partial charge in [-0.05, 0) is 54.6 Å². The lowest BCUT2D eigenvalue weighted by molar-refractivity contribution is -0.119. The average Bonchev–Trinajstić information content (AvgIpc) is 2.96. The number of morpholine rings is 1. The van der Waals surface area contributed by atoms with Gasteiger partial charge in [0, 0.05) is 13.1 Å². The molecule has 0 spiro atoms. The summed E-state index contributed by atoms with van der Waals surface area (Å²) >= 11 is 12.1. The Balaban J connectivity index is 1.36. The number of nitrogens with one attached hydrogen (secondary N) is 1. The summed E-state index contributed by atoms with van der Waals surface area (Å²) in [5.41, 5.74) is 0.178. The van der Waals surface area contributed by atoms with E-state index in [4.69, 9.17) is 32.7 Å². The van der Waals surface area contributed by atoms with Crippen molar-refractivity contribution in [3.05, 3.63) is 82.8 Å². The summed E-state index contributed by atoms with van der Waals surface area (Å²) in [6, 6.07) is 18.0. The SMILES string of the molecule is O=C(CN(c1ccc(Cl)c(Cl)c1)S(=O)(=O)c1ccccc1)NCCOc1ccc(S(=O)(=O)N2CCOCC2)cc1. The maximum absolute atomic E-state index is 13.4. The fraction of sp³-hybridized carbons (Fsp3) is 0.269. The number of rotatable bonds is 11. The Labute approximate surface area is 243 Å². The number of nitrogens with zero attached hydrogens (tertiary/aromatic N) is 2. The molecule has 1 heterocycles. The Morgan fingerprint density at radius 2 is 1.57 bits per heavy atom. The Morgan fingerprint density at radius 1 is 0.900 bits per heavy atom. The van der Waals surface area contributed by atoms with Crippen molar-refractivity contribution >= 4 is 54.8 Å². The normalized spacial score (nSPS) is 14.4. The summed E-state index contributed by atoms with van der Waals surface area (Å²) in [7, 11) is -7.71. The van der Waals surface area contributed by atoms with Crippen LogP contribution in [0.3, 0.4) is 0 Å². The minimum Gasteiger partial charge on any atom is -0.492 e. The molecule has 1 saturated heterocycles. The molecule has 1 aliphatic heterocycles. The number of amides is 1. The lowest BCUT2D eigenvalue weighted by Crippen LogP contribution is -2.42. The van der Waals surface area contributed by atoms with E-state index in [2.05, 4.69) is 5.32 Å². The van der Waals surface area contributed by atoms with Crippen molar-refractivity contribution < 1.29 is 31.1 Å². The summed E-state index contributed by atoms with van der Waals surface area (Å²) in [5.74, 6) is -0.152. The zero-order valence-electron chi connectivity index (χ0n) is 21.2. The molecule has 1 aliphatic rings. The van der Waals surface area contributed by atoms with Crippen LogP contribution in [0.15, 0.2) is 82.6 Å². The molecule has 0 aliphatic carbocycles. The molecule has 1 fully saturated rings. The second-order valence-corrected chi connectivity index (χ2v) is 13.2. The predicted molar refractivity (Wildman–Crippen MR) is 152 cm³/mol. The molecule has 1 amide bonds. The van der Waals surface area contributed by atoms with E-state index in [1.54, 1.807) is 18.2 Å². The Morgan fingerprint density at radius 3 is 2.23 bits per heavy atom. The van der Waals surface area contributed by atoms with Gasteiger partial charge in [0.25, 0.3) is 10.0 Å². The van der Waals surface area contributed by atoms with E-state index in [9.17, 15) is 21.6 Å². The molecule has 0 atom stereocenters. The number of halogens is 2. The highest BCUT2D eigenvalue weighted by Gasteiger charge is 2.28. The van der Waals surface area contributed by atoms with Crippen molar-refractivity contribution in [2.75, 3.05) is 50.3 Å². The second-order valence-electron chi connectivity index (χ2n) is 8.61. The Kier molecular flexibility index (Phi) is 9.93. The van der Waals surface area contributed by atoms with Gasteiger partial charge in [-0.25, -0.2) is 16.8 Å². The number of sulfonamides is 2. The van der Waals surface area contributed by atoms with Crippen molar-refractivity contribution in [1.29, 1.82) is 0 Å². The van der Waals surface area contributed by atoms with E-state index >= 15 is 0 Å². The summed E-state index contributed by atoms with van der Waals surface area (Å²) in [6.07, 6.45) is 0. The number of anilines is 1. The lowest BCUT2D eigenvalue weighted by atomic mass is 10.3. The molecule has 0 radical (unpaired) electrons. The topological polar surface area (TPSA) is 122 Å². The van der Waals surface area contributed by atoms with E-state index in [1.165, 1.54) is 58.9 Å². The number of hydrogen-bond acceptors (Lipinski definition) is 7. The van der Waals surface area contributed by atoms with Crippen LogP contribution in [0.4, 0.5) is 5.69 Å². The van der Waals surface area contributed by atoms with Crippen molar-refractivity contribution in [2.24, 2.45) is 0 Å². The minimum atomic E-state index is -4.10. The molecular formula is C26H27Cl2N3O7S2. The summed E-state index contributed by atoms with van der Waals surface area (Å²) in [5, 5.41) is 3.03. The van der Waals surface area contributed by atoms with Crippen LogP contribution in [-0.4, -0.2) is 73.0 Å². The first-order valence-electron chi connectivity index (χ1n) is 12.2. The van der Waals surface area contributed by atoms with E-state index in [1.807, 2.05) is 0 Å². The van der Waals surface area contributed by atoms with Gasteiger partial charge in [0.15, 0.2) is 0 Å². The highest BCUT2D eigenvalue weighted by molar-refractivity contribution is 7.92. The first-order chi connectivity index (χ1) is 19.1. The third-order valence-corrected chi connectivity index (χ3v) is 10.4. The van der Waals surface area contributed by atoms with Crippen LogP contribution in [0.2, 0.25) is 10.0 Å². The van der Waals surface area contributed by atoms with Gasteiger partial charge in [-0.15, -0.1) is 0 Å². The molecule has 214 valence electrons. The van der Waals surface area contributed by atoms with Crippen molar-refractivity contribution in [2.45, 2.75) is 9.79 Å². The smallest absolute Gasteiger partial charge is 0.264 e. The van der Waals surface area contributed by atoms with Gasteiger partial charge in [-0.2, -0.15) is 4.31 Å². The minimum absolute atomic E-state index is 0.0105. The standard InChI is InChI=1S/C26H27Cl2N3O7S2/c27-24-11-6-20(18-25(24)28)31(40(35,36)22-4-2-1-3-5-22)19-26(32)29-12-15-38-21-7-9-23(10-8-21)39(33,34)30-13-16-37-17-14-30/h1-11,18H,12-17,19H2,(H,29,32). The molecule has 1 N–H and O–H groups in total. The molecule has 10 nitrogen and oxygen atoms in total. The molecule has 0 unspecified atom stereocenters. The van der Waals surface area contributed by atoms with Crippen LogP contribution >= 0.6 is 23.2 Å². The van der Waals surface area contributed by atoms with Crippen molar-refractivity contribution in [3.8, 4) is 5.75 Å². The lowest BCUT2D eigenvalue weighted by Gasteiger charge is -2.26. The van der Waals surface area contributed by atoms with Crippen LogP contribution in [0.5, 0.6) is 5.75 Å². The molecule has 0 saturated carbocycles. The van der Waals surface area contributed by atoms with E-state index in [0.29, 0.717) is 32.1 Å². The Bertz CT molecular complexity index is 1530. The molecule has 14 heteroatoms.